The Kier molecular flexibility index (Phi) is 5.03. The molecule has 3 fully saturated rings. The van der Waals surface area contributed by atoms with Gasteiger partial charge in [-0.2, -0.15) is 17.0 Å². The molecule has 0 bridgehead atoms. The second-order valence-electron chi connectivity index (χ2n) is 9.02. The molecule has 1 aliphatic carbocycles. The molecule has 0 aromatic carbocycles. The molecule has 2 saturated heterocycles. The lowest BCUT2D eigenvalue weighted by Gasteiger charge is -2.42. The highest BCUT2D eigenvalue weighted by atomic mass is 32.2. The number of carbonyl (C=O) groups is 1. The summed E-state index contributed by atoms with van der Waals surface area (Å²) in [5.74, 6) is -2.06. The number of piperazine rings is 1. The molecule has 1 atom stereocenters. The standard InChI is InChI=1S/C19H25F2N7O4S/c1-25(17(29)30)33(31,32)28-7-6-27(11-18(28)3-4-18)16-14-2-5-26(15(14)23-12-24-16)9-13-8-19(20,21)10-22-13/h2,5,12-13,22H,3-4,6-11H2,1H3,(H,29,30)/t13-/m0/s1. The molecular weight excluding hydrogens is 460 g/mol. The maximum atomic E-state index is 13.5. The fraction of sp³-hybridized carbons (Fsp3) is 0.632. The van der Waals surface area contributed by atoms with Crippen LogP contribution in [-0.4, -0.2) is 93.5 Å². The highest BCUT2D eigenvalue weighted by molar-refractivity contribution is 7.87. The summed E-state index contributed by atoms with van der Waals surface area (Å²) < 4.78 is 56.2. The zero-order chi connectivity index (χ0) is 23.6. The number of aromatic nitrogens is 3. The van der Waals surface area contributed by atoms with E-state index in [-0.39, 0.29) is 25.6 Å². The first-order chi connectivity index (χ1) is 15.5. The monoisotopic (exact) mass is 485 g/mol. The SMILES string of the molecule is CN(C(=O)O)S(=O)(=O)N1CCN(c2ncnc3c2ccn3C[C@@H]2CC(F)(F)CN2)CC12CC2. The van der Waals surface area contributed by atoms with Crippen LogP contribution in [-0.2, 0) is 16.8 Å². The van der Waals surface area contributed by atoms with Crippen molar-refractivity contribution in [1.29, 1.82) is 0 Å². The lowest BCUT2D eigenvalue weighted by molar-refractivity contribution is 0.0206. The lowest BCUT2D eigenvalue weighted by Crippen LogP contribution is -2.60. The van der Waals surface area contributed by atoms with Gasteiger partial charge in [0, 0.05) is 51.9 Å². The van der Waals surface area contributed by atoms with Gasteiger partial charge in [-0.15, -0.1) is 0 Å². The van der Waals surface area contributed by atoms with Gasteiger partial charge in [-0.3, -0.25) is 0 Å². The van der Waals surface area contributed by atoms with Crippen LogP contribution in [0.1, 0.15) is 19.3 Å². The molecular formula is C19H25F2N7O4S. The Morgan fingerprint density at radius 3 is 2.73 bits per heavy atom. The molecule has 11 nitrogen and oxygen atoms in total. The summed E-state index contributed by atoms with van der Waals surface area (Å²) in [5, 5.41) is 12.8. The van der Waals surface area contributed by atoms with Gasteiger partial charge in [0.1, 0.15) is 17.8 Å². The normalized spacial score (nSPS) is 24.5. The van der Waals surface area contributed by atoms with Crippen molar-refractivity contribution in [1.82, 2.24) is 28.5 Å². The quantitative estimate of drug-likeness (QED) is 0.641. The number of nitrogens with zero attached hydrogens (tertiary/aromatic N) is 6. The van der Waals surface area contributed by atoms with Crippen molar-refractivity contribution in [3.8, 4) is 0 Å². The highest BCUT2D eigenvalue weighted by Gasteiger charge is 2.57. The molecule has 1 spiro atoms. The summed E-state index contributed by atoms with van der Waals surface area (Å²) >= 11 is 0. The highest BCUT2D eigenvalue weighted by Crippen LogP contribution is 2.47. The van der Waals surface area contributed by atoms with Gasteiger partial charge in [0.25, 0.3) is 5.92 Å². The summed E-state index contributed by atoms with van der Waals surface area (Å²) in [7, 11) is -3.10. The van der Waals surface area contributed by atoms with Crippen LogP contribution in [0.5, 0.6) is 0 Å². The molecule has 14 heteroatoms. The number of nitrogens with one attached hydrogen (secondary N) is 1. The minimum Gasteiger partial charge on any atom is -0.464 e. The number of halogens is 2. The number of fused-ring (bicyclic) bond motifs is 1. The van der Waals surface area contributed by atoms with Crippen molar-refractivity contribution in [3.63, 3.8) is 0 Å². The molecule has 2 aromatic heterocycles. The Labute approximate surface area is 189 Å². The van der Waals surface area contributed by atoms with Gasteiger partial charge in [-0.25, -0.2) is 23.5 Å². The number of carboxylic acid groups (broad SMARTS) is 1. The van der Waals surface area contributed by atoms with Crippen LogP contribution in [0.15, 0.2) is 18.6 Å². The predicted molar refractivity (Wildman–Crippen MR) is 114 cm³/mol. The van der Waals surface area contributed by atoms with Gasteiger partial charge in [-0.05, 0) is 18.9 Å². The number of anilines is 1. The van der Waals surface area contributed by atoms with E-state index in [1.165, 1.54) is 10.6 Å². The van der Waals surface area contributed by atoms with E-state index in [0.717, 1.165) is 12.4 Å². The minimum absolute atomic E-state index is 0.132. The molecule has 2 aromatic rings. The first-order valence-electron chi connectivity index (χ1n) is 10.7. The van der Waals surface area contributed by atoms with Gasteiger partial charge >= 0.3 is 16.3 Å². The smallest absolute Gasteiger partial charge is 0.421 e. The van der Waals surface area contributed by atoms with E-state index in [9.17, 15) is 22.0 Å². The second kappa shape index (κ2) is 7.46. The third-order valence-electron chi connectivity index (χ3n) is 6.75. The number of rotatable bonds is 5. The number of hydrogen-bond acceptors (Lipinski definition) is 7. The topological polar surface area (TPSA) is 124 Å². The first-order valence-corrected chi connectivity index (χ1v) is 12.1. The maximum Gasteiger partial charge on any atom is 0.421 e. The van der Waals surface area contributed by atoms with Crippen molar-refractivity contribution in [3.05, 3.63) is 18.6 Å². The fourth-order valence-electron chi connectivity index (χ4n) is 4.86. The molecule has 0 radical (unpaired) electrons. The molecule has 5 rings (SSSR count). The van der Waals surface area contributed by atoms with Crippen molar-refractivity contribution in [2.75, 3.05) is 38.1 Å². The van der Waals surface area contributed by atoms with Crippen LogP contribution in [0.2, 0.25) is 0 Å². The molecule has 33 heavy (non-hydrogen) atoms. The molecule has 3 aliphatic rings. The molecule has 2 aliphatic heterocycles. The summed E-state index contributed by atoms with van der Waals surface area (Å²) in [4.78, 5) is 22.0. The molecule has 4 heterocycles. The summed E-state index contributed by atoms with van der Waals surface area (Å²) in [6, 6.07) is 1.49. The van der Waals surface area contributed by atoms with Crippen molar-refractivity contribution in [2.24, 2.45) is 0 Å². The lowest BCUT2D eigenvalue weighted by atomic mass is 10.1. The second-order valence-corrected chi connectivity index (χ2v) is 10.9. The Balaban J connectivity index is 1.38. The zero-order valence-corrected chi connectivity index (χ0v) is 18.8. The first kappa shape index (κ1) is 22.2. The Morgan fingerprint density at radius 1 is 1.33 bits per heavy atom. The van der Waals surface area contributed by atoms with Crippen LogP contribution < -0.4 is 10.2 Å². The van der Waals surface area contributed by atoms with E-state index in [0.29, 0.717) is 48.2 Å². The molecule has 180 valence electrons. The summed E-state index contributed by atoms with van der Waals surface area (Å²) in [6.07, 6.45) is 2.73. The van der Waals surface area contributed by atoms with E-state index in [1.54, 1.807) is 6.20 Å². The largest absolute Gasteiger partial charge is 0.464 e. The minimum atomic E-state index is -4.14. The molecule has 1 amide bonds. The average Bonchev–Trinajstić information content (AvgIpc) is 3.24. The van der Waals surface area contributed by atoms with Crippen molar-refractivity contribution in [2.45, 2.75) is 43.3 Å². The number of alkyl halides is 2. The van der Waals surface area contributed by atoms with Crippen LogP contribution in [0, 0.1) is 0 Å². The predicted octanol–water partition coefficient (Wildman–Crippen LogP) is 0.938. The third-order valence-corrected chi connectivity index (χ3v) is 8.73. The van der Waals surface area contributed by atoms with Gasteiger partial charge in [-0.1, -0.05) is 0 Å². The summed E-state index contributed by atoms with van der Waals surface area (Å²) in [5.41, 5.74) is -0.0393. The molecule has 1 saturated carbocycles. The van der Waals surface area contributed by atoms with Gasteiger partial charge < -0.3 is 19.9 Å². The van der Waals surface area contributed by atoms with Gasteiger partial charge in [0.2, 0.25) is 0 Å². The third kappa shape index (κ3) is 3.79. The van der Waals surface area contributed by atoms with Crippen LogP contribution >= 0.6 is 0 Å². The number of amides is 1. The maximum absolute atomic E-state index is 13.5. The van der Waals surface area contributed by atoms with Crippen molar-refractivity contribution < 1.29 is 27.1 Å². The Bertz CT molecular complexity index is 1200. The summed E-state index contributed by atoms with van der Waals surface area (Å²) in [6.45, 7) is 0.874. The Hall–Kier alpha value is -2.58. The number of hydrogen-bond donors (Lipinski definition) is 2. The van der Waals surface area contributed by atoms with Crippen LogP contribution in [0.4, 0.5) is 19.4 Å². The van der Waals surface area contributed by atoms with E-state index in [2.05, 4.69) is 15.3 Å². The fourth-order valence-corrected chi connectivity index (χ4v) is 6.39. The van der Waals surface area contributed by atoms with E-state index in [4.69, 9.17) is 5.11 Å². The van der Waals surface area contributed by atoms with Crippen molar-refractivity contribution >= 4 is 33.2 Å². The molecule has 0 unspecified atom stereocenters. The Morgan fingerprint density at radius 2 is 2.09 bits per heavy atom. The average molecular weight is 486 g/mol. The van der Waals surface area contributed by atoms with Crippen LogP contribution in [0.3, 0.4) is 0 Å². The zero-order valence-electron chi connectivity index (χ0n) is 18.0. The molecule has 2 N–H and O–H groups in total. The van der Waals surface area contributed by atoms with E-state index < -0.39 is 27.8 Å². The van der Waals surface area contributed by atoms with Gasteiger partial charge in [0.05, 0.1) is 17.5 Å². The van der Waals surface area contributed by atoms with E-state index >= 15 is 0 Å². The van der Waals surface area contributed by atoms with E-state index in [1.807, 2.05) is 15.5 Å². The van der Waals surface area contributed by atoms with Crippen LogP contribution in [0.25, 0.3) is 11.0 Å². The van der Waals surface area contributed by atoms with Gasteiger partial charge in [0.15, 0.2) is 0 Å².